The van der Waals surface area contributed by atoms with Crippen molar-refractivity contribution in [2.75, 3.05) is 12.4 Å². The van der Waals surface area contributed by atoms with Crippen molar-refractivity contribution in [3.05, 3.63) is 47.8 Å². The monoisotopic (exact) mass is 273 g/mol. The largest absolute Gasteiger partial charge is 0.373 e. The van der Waals surface area contributed by atoms with Gasteiger partial charge >= 0.3 is 0 Å². The Bertz CT molecular complexity index is 526. The van der Waals surface area contributed by atoms with E-state index in [0.29, 0.717) is 5.92 Å². The first kappa shape index (κ1) is 13.9. The van der Waals surface area contributed by atoms with Gasteiger partial charge in [-0.05, 0) is 5.56 Å². The first-order valence-corrected chi connectivity index (χ1v) is 7.41. The molecule has 0 aliphatic carbocycles. The molecule has 0 amide bonds. The van der Waals surface area contributed by atoms with Crippen molar-refractivity contribution in [3.8, 4) is 0 Å². The molecule has 0 saturated heterocycles. The van der Waals surface area contributed by atoms with E-state index < -0.39 is 0 Å². The second-order valence-electron chi connectivity index (χ2n) is 4.63. The van der Waals surface area contributed by atoms with Gasteiger partial charge in [0.15, 0.2) is 0 Å². The summed E-state index contributed by atoms with van der Waals surface area (Å²) in [5.74, 6) is 3.04. The number of nitrogens with one attached hydrogen (secondary N) is 1. The van der Waals surface area contributed by atoms with Gasteiger partial charge in [0.05, 0.1) is 0 Å². The highest BCUT2D eigenvalue weighted by molar-refractivity contribution is 7.98. The third kappa shape index (κ3) is 3.96. The van der Waals surface area contributed by atoms with Crippen molar-refractivity contribution < 1.29 is 0 Å². The fourth-order valence-corrected chi connectivity index (χ4v) is 2.49. The summed E-state index contributed by atoms with van der Waals surface area (Å²) in [4.78, 5) is 9.08. The lowest BCUT2D eigenvalue weighted by Crippen LogP contribution is -2.02. The third-order valence-electron chi connectivity index (χ3n) is 2.72. The van der Waals surface area contributed by atoms with Crippen LogP contribution in [0.15, 0.2) is 41.4 Å². The standard InChI is InChI=1S/C15H19N3S/c1-11(2)15-17-13(16-3)9-14(18-15)19-10-12-7-5-4-6-8-12/h4-9,11H,10H2,1-3H3,(H,16,17,18). The molecule has 1 heterocycles. The van der Waals surface area contributed by atoms with Gasteiger partial charge in [-0.3, -0.25) is 0 Å². The minimum atomic E-state index is 0.337. The van der Waals surface area contributed by atoms with Crippen molar-refractivity contribution in [1.82, 2.24) is 9.97 Å². The molecule has 0 aliphatic rings. The highest BCUT2D eigenvalue weighted by Crippen LogP contribution is 2.24. The zero-order chi connectivity index (χ0) is 13.7. The molecule has 1 aromatic carbocycles. The number of anilines is 1. The Labute approximate surface area is 118 Å². The molecule has 0 aliphatic heterocycles. The first-order chi connectivity index (χ1) is 9.19. The molecule has 2 rings (SSSR count). The summed E-state index contributed by atoms with van der Waals surface area (Å²) >= 11 is 1.74. The van der Waals surface area contributed by atoms with Gasteiger partial charge < -0.3 is 5.32 Å². The normalized spacial score (nSPS) is 10.7. The predicted molar refractivity (Wildman–Crippen MR) is 81.7 cm³/mol. The van der Waals surface area contributed by atoms with Crippen LogP contribution in [0, 0.1) is 0 Å². The van der Waals surface area contributed by atoms with Gasteiger partial charge in [0.25, 0.3) is 0 Å². The van der Waals surface area contributed by atoms with Gasteiger partial charge in [0.1, 0.15) is 16.7 Å². The van der Waals surface area contributed by atoms with Crippen LogP contribution in [0.1, 0.15) is 31.2 Å². The molecule has 0 radical (unpaired) electrons. The molecular formula is C15H19N3S. The number of hydrogen-bond acceptors (Lipinski definition) is 4. The van der Waals surface area contributed by atoms with E-state index in [1.165, 1.54) is 5.56 Å². The molecule has 0 atom stereocenters. The minimum absolute atomic E-state index is 0.337. The number of nitrogens with zero attached hydrogens (tertiary/aromatic N) is 2. The van der Waals surface area contributed by atoms with Crippen molar-refractivity contribution in [2.24, 2.45) is 0 Å². The molecule has 0 unspecified atom stereocenters. The van der Waals surface area contributed by atoms with E-state index in [0.717, 1.165) is 22.4 Å². The lowest BCUT2D eigenvalue weighted by atomic mass is 10.2. The zero-order valence-electron chi connectivity index (χ0n) is 11.6. The second-order valence-corrected chi connectivity index (χ2v) is 5.62. The van der Waals surface area contributed by atoms with E-state index >= 15 is 0 Å². The SMILES string of the molecule is CNc1cc(SCc2ccccc2)nc(C(C)C)n1. The molecule has 1 N–H and O–H groups in total. The molecule has 4 heteroatoms. The van der Waals surface area contributed by atoms with Crippen molar-refractivity contribution in [3.63, 3.8) is 0 Å². The maximum atomic E-state index is 4.61. The third-order valence-corrected chi connectivity index (χ3v) is 3.70. The number of aromatic nitrogens is 2. The number of thioether (sulfide) groups is 1. The van der Waals surface area contributed by atoms with Crippen molar-refractivity contribution >= 4 is 17.6 Å². The van der Waals surface area contributed by atoms with Crippen LogP contribution in [-0.4, -0.2) is 17.0 Å². The summed E-state index contributed by atoms with van der Waals surface area (Å²) < 4.78 is 0. The second kappa shape index (κ2) is 6.57. The highest BCUT2D eigenvalue weighted by Gasteiger charge is 2.08. The molecular weight excluding hydrogens is 254 g/mol. The van der Waals surface area contributed by atoms with E-state index in [-0.39, 0.29) is 0 Å². The molecule has 0 fully saturated rings. The number of rotatable bonds is 5. The van der Waals surface area contributed by atoms with E-state index in [9.17, 15) is 0 Å². The minimum Gasteiger partial charge on any atom is -0.373 e. The summed E-state index contributed by atoms with van der Waals surface area (Å²) in [7, 11) is 1.89. The van der Waals surface area contributed by atoms with Crippen LogP contribution in [0.25, 0.3) is 0 Å². The summed E-state index contributed by atoms with van der Waals surface area (Å²) in [5, 5.41) is 4.12. The average Bonchev–Trinajstić information content (AvgIpc) is 2.45. The van der Waals surface area contributed by atoms with Gasteiger partial charge in [-0.1, -0.05) is 44.2 Å². The van der Waals surface area contributed by atoms with Crippen LogP contribution >= 0.6 is 11.8 Å². The lowest BCUT2D eigenvalue weighted by Gasteiger charge is -2.09. The van der Waals surface area contributed by atoms with E-state index in [1.807, 2.05) is 19.2 Å². The van der Waals surface area contributed by atoms with Crippen LogP contribution in [0.3, 0.4) is 0 Å². The summed E-state index contributed by atoms with van der Waals surface area (Å²) in [6.45, 7) is 4.22. The topological polar surface area (TPSA) is 37.8 Å². The van der Waals surface area contributed by atoms with Crippen LogP contribution < -0.4 is 5.32 Å². The summed E-state index contributed by atoms with van der Waals surface area (Å²) in [6, 6.07) is 12.4. The van der Waals surface area contributed by atoms with Gasteiger partial charge in [0.2, 0.25) is 0 Å². The number of hydrogen-bond donors (Lipinski definition) is 1. The Morgan fingerprint density at radius 2 is 1.89 bits per heavy atom. The predicted octanol–water partition coefficient (Wildman–Crippen LogP) is 3.93. The Hall–Kier alpha value is -1.55. The Morgan fingerprint density at radius 3 is 2.53 bits per heavy atom. The van der Waals surface area contributed by atoms with Crippen LogP contribution in [0.5, 0.6) is 0 Å². The number of benzene rings is 1. The van der Waals surface area contributed by atoms with Crippen LogP contribution in [-0.2, 0) is 5.75 Å². The molecule has 0 bridgehead atoms. The maximum absolute atomic E-state index is 4.61. The Kier molecular flexibility index (Phi) is 4.80. The zero-order valence-corrected chi connectivity index (χ0v) is 12.4. The molecule has 100 valence electrons. The van der Waals surface area contributed by atoms with Gasteiger partial charge in [-0.15, -0.1) is 11.8 Å². The van der Waals surface area contributed by atoms with Gasteiger partial charge in [0, 0.05) is 24.8 Å². The van der Waals surface area contributed by atoms with E-state index in [1.54, 1.807) is 11.8 Å². The van der Waals surface area contributed by atoms with Crippen LogP contribution in [0.2, 0.25) is 0 Å². The van der Waals surface area contributed by atoms with Crippen molar-refractivity contribution in [1.29, 1.82) is 0 Å². The van der Waals surface area contributed by atoms with E-state index in [2.05, 4.69) is 53.4 Å². The van der Waals surface area contributed by atoms with E-state index in [4.69, 9.17) is 0 Å². The molecule has 0 saturated carbocycles. The summed E-state index contributed by atoms with van der Waals surface area (Å²) in [6.07, 6.45) is 0. The Balaban J connectivity index is 2.13. The van der Waals surface area contributed by atoms with Crippen LogP contribution in [0.4, 0.5) is 5.82 Å². The smallest absolute Gasteiger partial charge is 0.134 e. The quantitative estimate of drug-likeness (QED) is 0.661. The highest BCUT2D eigenvalue weighted by atomic mass is 32.2. The lowest BCUT2D eigenvalue weighted by molar-refractivity contribution is 0.755. The fourth-order valence-electron chi connectivity index (χ4n) is 1.63. The molecule has 2 aromatic rings. The molecule has 19 heavy (non-hydrogen) atoms. The van der Waals surface area contributed by atoms with Gasteiger partial charge in [-0.2, -0.15) is 0 Å². The summed E-state index contributed by atoms with van der Waals surface area (Å²) in [5.41, 5.74) is 1.31. The average molecular weight is 273 g/mol. The fraction of sp³-hybridized carbons (Fsp3) is 0.333. The van der Waals surface area contributed by atoms with Gasteiger partial charge in [-0.25, -0.2) is 9.97 Å². The molecule has 0 spiro atoms. The Morgan fingerprint density at radius 1 is 1.16 bits per heavy atom. The first-order valence-electron chi connectivity index (χ1n) is 6.42. The molecule has 1 aromatic heterocycles. The maximum Gasteiger partial charge on any atom is 0.134 e. The van der Waals surface area contributed by atoms with Crippen molar-refractivity contribution in [2.45, 2.75) is 30.5 Å². The molecule has 3 nitrogen and oxygen atoms in total.